The van der Waals surface area contributed by atoms with Crippen molar-refractivity contribution in [2.24, 2.45) is 0 Å². The van der Waals surface area contributed by atoms with Crippen molar-refractivity contribution in [3.8, 4) is 0 Å². The molecule has 0 saturated heterocycles. The number of carbonyl (C=O) groups is 2. The van der Waals surface area contributed by atoms with Gasteiger partial charge in [-0.05, 0) is 18.1 Å². The Labute approximate surface area is 208 Å². The van der Waals surface area contributed by atoms with Crippen molar-refractivity contribution in [1.29, 1.82) is 0 Å². The minimum atomic E-state index is -0.733. The zero-order valence-electron chi connectivity index (χ0n) is 20.2. The largest absolute Gasteiger partial charge is 0.383 e. The number of fused-ring (bicyclic) bond motifs is 1. The monoisotopic (exact) mass is 487 g/mol. The van der Waals surface area contributed by atoms with E-state index in [-0.39, 0.29) is 36.9 Å². The minimum Gasteiger partial charge on any atom is -0.383 e. The van der Waals surface area contributed by atoms with Gasteiger partial charge in [0, 0.05) is 36.3 Å². The van der Waals surface area contributed by atoms with E-state index in [1.165, 1.54) is 14.4 Å². The zero-order valence-corrected chi connectivity index (χ0v) is 20.2. The lowest BCUT2D eigenvalue weighted by Gasteiger charge is -2.26. The van der Waals surface area contributed by atoms with E-state index < -0.39 is 17.2 Å². The fraction of sp³-hybridized carbons (Fsp3) is 0.259. The van der Waals surface area contributed by atoms with E-state index >= 15 is 0 Å². The first-order valence-corrected chi connectivity index (χ1v) is 11.9. The Morgan fingerprint density at radius 1 is 1.00 bits per heavy atom. The van der Waals surface area contributed by atoms with Crippen molar-refractivity contribution in [2.75, 3.05) is 17.2 Å². The van der Waals surface area contributed by atoms with Crippen LogP contribution in [0.5, 0.6) is 0 Å². The predicted octanol–water partition coefficient (Wildman–Crippen LogP) is 2.97. The standard InChI is InChI=1S/C27H29N5O4/c1-3-4-15-31-24(28)23(25(34)29-27(31)36)32(17-19-10-6-5-7-11-19)22(33)14-16-30-18(2)20-12-8-9-13-21(20)26(30)35/h5-13H,2-4,14-17,28H2,1H3,(H,29,34,36). The first kappa shape index (κ1) is 24.7. The Balaban J connectivity index is 1.65. The highest BCUT2D eigenvalue weighted by Crippen LogP contribution is 2.31. The Kier molecular flexibility index (Phi) is 7.19. The molecule has 1 aliphatic heterocycles. The first-order valence-electron chi connectivity index (χ1n) is 11.9. The summed E-state index contributed by atoms with van der Waals surface area (Å²) in [5, 5.41) is 0. The molecular formula is C27H29N5O4. The van der Waals surface area contributed by atoms with Crippen LogP contribution in [0.3, 0.4) is 0 Å². The van der Waals surface area contributed by atoms with Crippen LogP contribution in [0.1, 0.15) is 47.7 Å². The number of nitrogens with two attached hydrogens (primary N) is 1. The van der Waals surface area contributed by atoms with E-state index in [1.807, 2.05) is 49.4 Å². The summed E-state index contributed by atoms with van der Waals surface area (Å²) in [6, 6.07) is 16.3. The highest BCUT2D eigenvalue weighted by atomic mass is 16.2. The van der Waals surface area contributed by atoms with Gasteiger partial charge < -0.3 is 15.5 Å². The van der Waals surface area contributed by atoms with Gasteiger partial charge in [0.05, 0.1) is 6.54 Å². The summed E-state index contributed by atoms with van der Waals surface area (Å²) in [4.78, 5) is 56.8. The highest BCUT2D eigenvalue weighted by Gasteiger charge is 2.32. The van der Waals surface area contributed by atoms with Gasteiger partial charge in [0.25, 0.3) is 11.5 Å². The average Bonchev–Trinajstić information content (AvgIpc) is 3.11. The number of hydrogen-bond acceptors (Lipinski definition) is 5. The van der Waals surface area contributed by atoms with Gasteiger partial charge in [0.2, 0.25) is 5.91 Å². The average molecular weight is 488 g/mol. The Bertz CT molecular complexity index is 1390. The lowest BCUT2D eigenvalue weighted by molar-refractivity contribution is -0.118. The number of H-pyrrole nitrogens is 1. The van der Waals surface area contributed by atoms with Crippen LogP contribution in [0.25, 0.3) is 5.70 Å². The molecule has 0 saturated carbocycles. The van der Waals surface area contributed by atoms with E-state index in [0.29, 0.717) is 24.2 Å². The van der Waals surface area contributed by atoms with Crippen molar-refractivity contribution in [2.45, 2.75) is 39.3 Å². The van der Waals surface area contributed by atoms with Crippen LogP contribution in [0, 0.1) is 0 Å². The molecular weight excluding hydrogens is 458 g/mol. The summed E-state index contributed by atoms with van der Waals surface area (Å²) < 4.78 is 1.29. The Morgan fingerprint density at radius 3 is 2.33 bits per heavy atom. The zero-order chi connectivity index (χ0) is 25.8. The van der Waals surface area contributed by atoms with Crippen LogP contribution >= 0.6 is 0 Å². The molecule has 2 heterocycles. The molecule has 1 aliphatic rings. The molecule has 0 atom stereocenters. The molecule has 2 aromatic carbocycles. The van der Waals surface area contributed by atoms with Crippen molar-refractivity contribution < 1.29 is 9.59 Å². The minimum absolute atomic E-state index is 0.0597. The van der Waals surface area contributed by atoms with E-state index in [9.17, 15) is 19.2 Å². The third kappa shape index (κ3) is 4.72. The summed E-state index contributed by atoms with van der Waals surface area (Å²) >= 11 is 0. The molecule has 1 aromatic heterocycles. The number of aromatic amines is 1. The van der Waals surface area contributed by atoms with Crippen molar-refractivity contribution in [3.05, 3.63) is 98.7 Å². The van der Waals surface area contributed by atoms with Crippen LogP contribution in [0.4, 0.5) is 11.5 Å². The second kappa shape index (κ2) is 10.5. The molecule has 0 aliphatic carbocycles. The molecule has 0 unspecified atom stereocenters. The van der Waals surface area contributed by atoms with E-state index in [2.05, 4.69) is 11.6 Å². The second-order valence-electron chi connectivity index (χ2n) is 8.66. The number of aromatic nitrogens is 2. The molecule has 0 radical (unpaired) electrons. The maximum atomic E-state index is 13.6. The Morgan fingerprint density at radius 2 is 1.67 bits per heavy atom. The summed E-state index contributed by atoms with van der Waals surface area (Å²) in [6.07, 6.45) is 1.43. The van der Waals surface area contributed by atoms with Gasteiger partial charge in [-0.1, -0.05) is 68.5 Å². The smallest absolute Gasteiger partial charge is 0.330 e. The fourth-order valence-electron chi connectivity index (χ4n) is 4.35. The number of nitrogen functional groups attached to an aromatic ring is 1. The maximum Gasteiger partial charge on any atom is 0.330 e. The van der Waals surface area contributed by atoms with Gasteiger partial charge in [-0.25, -0.2) is 4.79 Å². The number of rotatable bonds is 9. The number of nitrogens with one attached hydrogen (secondary N) is 1. The molecule has 9 heteroatoms. The fourth-order valence-corrected chi connectivity index (χ4v) is 4.35. The molecule has 3 aromatic rings. The van der Waals surface area contributed by atoms with Crippen molar-refractivity contribution in [1.82, 2.24) is 14.5 Å². The van der Waals surface area contributed by atoms with Gasteiger partial charge in [-0.3, -0.25) is 23.9 Å². The van der Waals surface area contributed by atoms with E-state index in [4.69, 9.17) is 5.73 Å². The molecule has 36 heavy (non-hydrogen) atoms. The normalized spacial score (nSPS) is 12.6. The number of hydrogen-bond donors (Lipinski definition) is 2. The van der Waals surface area contributed by atoms with Crippen LogP contribution in [-0.2, 0) is 17.9 Å². The SMILES string of the molecule is C=C1c2ccccc2C(=O)N1CCC(=O)N(Cc1ccccc1)c1c(N)n(CCCC)c(=O)[nH]c1=O. The number of unbranched alkanes of at least 4 members (excludes halogenated alkanes) is 1. The van der Waals surface area contributed by atoms with E-state index in [0.717, 1.165) is 17.5 Å². The molecule has 3 N–H and O–H groups in total. The summed E-state index contributed by atoms with van der Waals surface area (Å²) in [6.45, 7) is 6.48. The molecule has 2 amide bonds. The van der Waals surface area contributed by atoms with E-state index in [1.54, 1.807) is 12.1 Å². The third-order valence-electron chi connectivity index (χ3n) is 6.29. The van der Waals surface area contributed by atoms with Crippen LogP contribution in [-0.4, -0.2) is 32.8 Å². The predicted molar refractivity (Wildman–Crippen MR) is 139 cm³/mol. The first-order chi connectivity index (χ1) is 17.3. The number of amides is 2. The molecule has 9 nitrogen and oxygen atoms in total. The third-order valence-corrected chi connectivity index (χ3v) is 6.29. The number of carbonyl (C=O) groups excluding carboxylic acids is 2. The molecule has 186 valence electrons. The van der Waals surface area contributed by atoms with Crippen molar-refractivity contribution in [3.63, 3.8) is 0 Å². The lowest BCUT2D eigenvalue weighted by atomic mass is 10.1. The number of nitrogens with zero attached hydrogens (tertiary/aromatic N) is 3. The van der Waals surface area contributed by atoms with Gasteiger partial charge in [0.1, 0.15) is 5.82 Å². The van der Waals surface area contributed by atoms with Gasteiger partial charge in [0.15, 0.2) is 5.69 Å². The summed E-state index contributed by atoms with van der Waals surface area (Å²) in [5.41, 5.74) is 7.48. The number of benzene rings is 2. The quantitative estimate of drug-likeness (QED) is 0.481. The second-order valence-corrected chi connectivity index (χ2v) is 8.66. The maximum absolute atomic E-state index is 13.6. The molecule has 0 fully saturated rings. The Hall–Kier alpha value is -4.40. The summed E-state index contributed by atoms with van der Waals surface area (Å²) in [7, 11) is 0. The van der Waals surface area contributed by atoms with Gasteiger partial charge >= 0.3 is 5.69 Å². The highest BCUT2D eigenvalue weighted by molar-refractivity contribution is 6.09. The van der Waals surface area contributed by atoms with Crippen LogP contribution in [0.2, 0.25) is 0 Å². The van der Waals surface area contributed by atoms with Gasteiger partial charge in [-0.15, -0.1) is 0 Å². The number of anilines is 2. The molecule has 0 spiro atoms. The topological polar surface area (TPSA) is 121 Å². The molecule has 0 bridgehead atoms. The van der Waals surface area contributed by atoms with Crippen molar-refractivity contribution >= 4 is 29.0 Å². The summed E-state index contributed by atoms with van der Waals surface area (Å²) in [5.74, 6) is -0.688. The molecule has 4 rings (SSSR count). The van der Waals surface area contributed by atoms with Crippen LogP contribution in [0.15, 0.2) is 70.8 Å². The van der Waals surface area contributed by atoms with Crippen LogP contribution < -0.4 is 21.9 Å². The van der Waals surface area contributed by atoms with Gasteiger partial charge in [-0.2, -0.15) is 0 Å². The lowest BCUT2D eigenvalue weighted by Crippen LogP contribution is -2.41.